The van der Waals surface area contributed by atoms with Crippen molar-refractivity contribution in [2.45, 2.75) is 20.8 Å². The van der Waals surface area contributed by atoms with Crippen LogP contribution in [-0.2, 0) is 0 Å². The second-order valence-corrected chi connectivity index (χ2v) is 5.70. The van der Waals surface area contributed by atoms with Crippen molar-refractivity contribution in [2.24, 2.45) is 0 Å². The SMILES string of the molecule is Cc1cc(C(=O)O)cc(-c2noc(-c3c(C)ccc(C)c3F)n2)c1. The Bertz CT molecular complexity index is 947. The Labute approximate surface area is 137 Å². The van der Waals surface area contributed by atoms with Crippen LogP contribution in [-0.4, -0.2) is 21.2 Å². The summed E-state index contributed by atoms with van der Waals surface area (Å²) in [4.78, 5) is 15.4. The van der Waals surface area contributed by atoms with Crippen LogP contribution in [0.5, 0.6) is 0 Å². The van der Waals surface area contributed by atoms with Crippen molar-refractivity contribution >= 4 is 5.97 Å². The zero-order valence-electron chi connectivity index (χ0n) is 13.4. The lowest BCUT2D eigenvalue weighted by Gasteiger charge is -2.04. The Balaban J connectivity index is 2.10. The average molecular weight is 326 g/mol. The minimum atomic E-state index is -1.04. The summed E-state index contributed by atoms with van der Waals surface area (Å²) in [7, 11) is 0. The van der Waals surface area contributed by atoms with Crippen molar-refractivity contribution in [3.63, 3.8) is 0 Å². The number of aromatic carboxylic acids is 1. The number of aryl methyl sites for hydroxylation is 3. The first-order valence-corrected chi connectivity index (χ1v) is 7.32. The predicted octanol–water partition coefficient (Wildman–Crippen LogP) is 4.17. The molecule has 122 valence electrons. The van der Waals surface area contributed by atoms with Crippen molar-refractivity contribution < 1.29 is 18.8 Å². The van der Waals surface area contributed by atoms with Gasteiger partial charge in [0.25, 0.3) is 5.89 Å². The Morgan fingerprint density at radius 2 is 1.83 bits per heavy atom. The number of halogens is 1. The lowest BCUT2D eigenvalue weighted by molar-refractivity contribution is 0.0697. The highest BCUT2D eigenvalue weighted by Crippen LogP contribution is 2.29. The third kappa shape index (κ3) is 2.78. The van der Waals surface area contributed by atoms with E-state index >= 15 is 0 Å². The number of hydrogen-bond donors (Lipinski definition) is 1. The molecule has 0 saturated carbocycles. The number of nitrogens with zero attached hydrogens (tertiary/aromatic N) is 2. The molecule has 1 aromatic heterocycles. The maximum Gasteiger partial charge on any atom is 0.335 e. The van der Waals surface area contributed by atoms with Gasteiger partial charge in [0.15, 0.2) is 0 Å². The monoisotopic (exact) mass is 326 g/mol. The largest absolute Gasteiger partial charge is 0.478 e. The predicted molar refractivity (Wildman–Crippen MR) is 86.3 cm³/mol. The minimum absolute atomic E-state index is 0.0714. The Hall–Kier alpha value is -3.02. The second kappa shape index (κ2) is 5.88. The number of rotatable bonds is 3. The van der Waals surface area contributed by atoms with E-state index in [9.17, 15) is 9.18 Å². The number of hydrogen-bond acceptors (Lipinski definition) is 4. The minimum Gasteiger partial charge on any atom is -0.478 e. The van der Waals surface area contributed by atoms with Crippen LogP contribution in [0.3, 0.4) is 0 Å². The molecule has 1 N–H and O–H groups in total. The Kier molecular flexibility index (Phi) is 3.89. The van der Waals surface area contributed by atoms with E-state index < -0.39 is 11.8 Å². The molecule has 0 aliphatic rings. The number of aromatic nitrogens is 2. The van der Waals surface area contributed by atoms with E-state index in [1.807, 2.05) is 0 Å². The molecule has 0 unspecified atom stereocenters. The van der Waals surface area contributed by atoms with Gasteiger partial charge in [-0.2, -0.15) is 4.98 Å². The van der Waals surface area contributed by atoms with Gasteiger partial charge >= 0.3 is 5.97 Å². The van der Waals surface area contributed by atoms with Gasteiger partial charge in [0.05, 0.1) is 11.1 Å². The van der Waals surface area contributed by atoms with Crippen molar-refractivity contribution in [3.8, 4) is 22.8 Å². The van der Waals surface area contributed by atoms with Gasteiger partial charge in [-0.05, 0) is 55.7 Å². The summed E-state index contributed by atoms with van der Waals surface area (Å²) < 4.78 is 19.6. The number of carbonyl (C=O) groups is 1. The maximum atomic E-state index is 14.4. The summed E-state index contributed by atoms with van der Waals surface area (Å²) in [5, 5.41) is 13.0. The molecule has 0 spiro atoms. The first-order chi connectivity index (χ1) is 11.4. The summed E-state index contributed by atoms with van der Waals surface area (Å²) in [5.41, 5.74) is 2.83. The number of benzene rings is 2. The summed E-state index contributed by atoms with van der Waals surface area (Å²) in [6, 6.07) is 8.24. The number of carboxylic acids is 1. The molecule has 2 aromatic carbocycles. The zero-order chi connectivity index (χ0) is 17.4. The Morgan fingerprint density at radius 1 is 1.12 bits per heavy atom. The van der Waals surface area contributed by atoms with Crippen LogP contribution in [0.25, 0.3) is 22.8 Å². The third-order valence-corrected chi connectivity index (χ3v) is 3.77. The second-order valence-electron chi connectivity index (χ2n) is 5.70. The van der Waals surface area contributed by atoms with Crippen LogP contribution in [0.2, 0.25) is 0 Å². The molecule has 0 fully saturated rings. The highest BCUT2D eigenvalue weighted by atomic mass is 19.1. The standard InChI is InChI=1S/C18H15FN2O3/c1-9-6-12(8-13(7-9)18(22)23)16-20-17(24-21-16)14-10(2)4-5-11(3)15(14)19/h4-8H,1-3H3,(H,22,23). The van der Waals surface area contributed by atoms with Crippen molar-refractivity contribution in [2.75, 3.05) is 0 Å². The van der Waals surface area contributed by atoms with E-state index in [0.717, 1.165) is 5.56 Å². The number of carboxylic acid groups (broad SMARTS) is 1. The molecular formula is C18H15FN2O3. The molecule has 0 atom stereocenters. The lowest BCUT2D eigenvalue weighted by atomic mass is 10.0. The molecule has 0 aliphatic heterocycles. The van der Waals surface area contributed by atoms with Crippen molar-refractivity contribution in [1.29, 1.82) is 0 Å². The van der Waals surface area contributed by atoms with Crippen LogP contribution in [0.1, 0.15) is 27.0 Å². The van der Waals surface area contributed by atoms with Crippen LogP contribution in [0, 0.1) is 26.6 Å². The molecule has 1 heterocycles. The average Bonchev–Trinajstić information content (AvgIpc) is 3.00. The first kappa shape index (κ1) is 15.9. The van der Waals surface area contributed by atoms with E-state index in [-0.39, 0.29) is 22.8 Å². The van der Waals surface area contributed by atoms with Crippen LogP contribution >= 0.6 is 0 Å². The lowest BCUT2D eigenvalue weighted by Crippen LogP contribution is -1.97. The molecule has 24 heavy (non-hydrogen) atoms. The molecule has 3 aromatic rings. The van der Waals surface area contributed by atoms with E-state index in [1.54, 1.807) is 45.0 Å². The fraction of sp³-hybridized carbons (Fsp3) is 0.167. The molecule has 5 nitrogen and oxygen atoms in total. The van der Waals surface area contributed by atoms with Gasteiger partial charge in [0, 0.05) is 5.56 Å². The molecule has 0 aliphatic carbocycles. The fourth-order valence-electron chi connectivity index (χ4n) is 2.52. The zero-order valence-corrected chi connectivity index (χ0v) is 13.4. The van der Waals surface area contributed by atoms with Crippen molar-refractivity contribution in [3.05, 3.63) is 58.4 Å². The molecule has 0 bridgehead atoms. The summed E-state index contributed by atoms with van der Waals surface area (Å²) in [6.07, 6.45) is 0. The van der Waals surface area contributed by atoms with Gasteiger partial charge in [-0.3, -0.25) is 0 Å². The van der Waals surface area contributed by atoms with Gasteiger partial charge in [-0.1, -0.05) is 17.3 Å². The normalized spacial score (nSPS) is 10.8. The van der Waals surface area contributed by atoms with Gasteiger partial charge in [-0.15, -0.1) is 0 Å². The molecule has 0 saturated heterocycles. The Morgan fingerprint density at radius 3 is 2.54 bits per heavy atom. The summed E-state index contributed by atoms with van der Waals surface area (Å²) in [6.45, 7) is 5.20. The van der Waals surface area contributed by atoms with Crippen LogP contribution in [0.15, 0.2) is 34.9 Å². The van der Waals surface area contributed by atoms with Crippen LogP contribution in [0.4, 0.5) is 4.39 Å². The molecule has 6 heteroatoms. The summed E-state index contributed by atoms with van der Waals surface area (Å²) >= 11 is 0. The van der Waals surface area contributed by atoms with Gasteiger partial charge in [0.2, 0.25) is 5.82 Å². The van der Waals surface area contributed by atoms with E-state index in [1.165, 1.54) is 6.07 Å². The molecule has 0 radical (unpaired) electrons. The highest BCUT2D eigenvalue weighted by Gasteiger charge is 2.19. The highest BCUT2D eigenvalue weighted by molar-refractivity contribution is 5.89. The quantitative estimate of drug-likeness (QED) is 0.782. The van der Waals surface area contributed by atoms with Gasteiger partial charge in [0.1, 0.15) is 5.82 Å². The fourth-order valence-corrected chi connectivity index (χ4v) is 2.52. The molecule has 0 amide bonds. The smallest absolute Gasteiger partial charge is 0.335 e. The molecular weight excluding hydrogens is 311 g/mol. The van der Waals surface area contributed by atoms with E-state index in [0.29, 0.717) is 16.7 Å². The van der Waals surface area contributed by atoms with Crippen LogP contribution < -0.4 is 0 Å². The van der Waals surface area contributed by atoms with E-state index in [2.05, 4.69) is 10.1 Å². The first-order valence-electron chi connectivity index (χ1n) is 7.32. The van der Waals surface area contributed by atoms with Crippen molar-refractivity contribution in [1.82, 2.24) is 10.1 Å². The van der Waals surface area contributed by atoms with E-state index in [4.69, 9.17) is 9.63 Å². The summed E-state index contributed by atoms with van der Waals surface area (Å²) in [5.74, 6) is -1.15. The topological polar surface area (TPSA) is 76.2 Å². The van der Waals surface area contributed by atoms with Gasteiger partial charge in [-0.25, -0.2) is 9.18 Å². The molecule has 3 rings (SSSR count). The maximum absolute atomic E-state index is 14.4. The third-order valence-electron chi connectivity index (χ3n) is 3.77. The van der Waals surface area contributed by atoms with Gasteiger partial charge < -0.3 is 9.63 Å².